The first kappa shape index (κ1) is 8.30. The second kappa shape index (κ2) is 2.74. The Balaban J connectivity index is 2.06. The molecule has 1 heterocycles. The van der Waals surface area contributed by atoms with E-state index in [4.69, 9.17) is 0 Å². The normalized spacial score (nSPS) is 35.0. The molecule has 1 aliphatic heterocycles. The topological polar surface area (TPSA) is 32.3 Å². The minimum Gasteiger partial charge on any atom is -0.508 e. The standard InChI is InChI=1S/C12H15NO/c14-11-4-2-1-3-10(11)12-6-5-9(7-12)13-8-12/h1-4,9,13-14H,5-8H2. The van der Waals surface area contributed by atoms with Gasteiger partial charge >= 0.3 is 0 Å². The van der Waals surface area contributed by atoms with Crippen molar-refractivity contribution < 1.29 is 5.11 Å². The second-order valence-electron chi connectivity index (χ2n) is 4.62. The van der Waals surface area contributed by atoms with Crippen LogP contribution in [0.5, 0.6) is 5.75 Å². The Kier molecular flexibility index (Phi) is 1.62. The third kappa shape index (κ3) is 1.01. The third-order valence-corrected chi connectivity index (χ3v) is 3.81. The van der Waals surface area contributed by atoms with Crippen LogP contribution in [-0.4, -0.2) is 17.7 Å². The first-order valence-electron chi connectivity index (χ1n) is 5.32. The number of phenols is 1. The monoisotopic (exact) mass is 189 g/mol. The van der Waals surface area contributed by atoms with E-state index in [9.17, 15) is 5.11 Å². The minimum atomic E-state index is 0.232. The molecule has 2 unspecified atom stereocenters. The molecule has 0 aromatic heterocycles. The fourth-order valence-electron chi connectivity index (χ4n) is 3.06. The van der Waals surface area contributed by atoms with Gasteiger partial charge in [-0.15, -0.1) is 0 Å². The van der Waals surface area contributed by atoms with E-state index in [0.29, 0.717) is 11.8 Å². The van der Waals surface area contributed by atoms with Crippen molar-refractivity contribution in [3.05, 3.63) is 29.8 Å². The van der Waals surface area contributed by atoms with E-state index < -0.39 is 0 Å². The first-order chi connectivity index (χ1) is 6.80. The van der Waals surface area contributed by atoms with Gasteiger partial charge in [-0.3, -0.25) is 0 Å². The van der Waals surface area contributed by atoms with E-state index >= 15 is 0 Å². The number of phenolic OH excluding ortho intramolecular Hbond substituents is 1. The maximum Gasteiger partial charge on any atom is 0.119 e. The van der Waals surface area contributed by atoms with Crippen molar-refractivity contribution in [3.8, 4) is 5.75 Å². The lowest BCUT2D eigenvalue weighted by molar-refractivity contribution is 0.403. The molecule has 1 aliphatic carbocycles. The molecule has 0 spiro atoms. The molecule has 1 aromatic rings. The Morgan fingerprint density at radius 3 is 2.79 bits per heavy atom. The first-order valence-corrected chi connectivity index (χ1v) is 5.32. The second-order valence-corrected chi connectivity index (χ2v) is 4.62. The van der Waals surface area contributed by atoms with Gasteiger partial charge in [0.15, 0.2) is 0 Å². The van der Waals surface area contributed by atoms with E-state index in [1.165, 1.54) is 19.3 Å². The lowest BCUT2D eigenvalue weighted by Gasteiger charge is -2.27. The summed E-state index contributed by atoms with van der Waals surface area (Å²) in [7, 11) is 0. The van der Waals surface area contributed by atoms with Crippen molar-refractivity contribution in [1.82, 2.24) is 5.32 Å². The molecule has 2 fully saturated rings. The zero-order chi connectivity index (χ0) is 9.60. The summed E-state index contributed by atoms with van der Waals surface area (Å²) in [6, 6.07) is 8.48. The number of para-hydroxylation sites is 1. The Morgan fingerprint density at radius 1 is 1.36 bits per heavy atom. The van der Waals surface area contributed by atoms with Crippen molar-refractivity contribution in [1.29, 1.82) is 0 Å². The van der Waals surface area contributed by atoms with Crippen molar-refractivity contribution >= 4 is 0 Å². The van der Waals surface area contributed by atoms with Gasteiger partial charge in [0.1, 0.15) is 5.75 Å². The predicted molar refractivity (Wildman–Crippen MR) is 55.4 cm³/mol. The van der Waals surface area contributed by atoms with E-state index in [1.54, 1.807) is 6.07 Å². The summed E-state index contributed by atoms with van der Waals surface area (Å²) in [6.45, 7) is 1.04. The minimum absolute atomic E-state index is 0.232. The highest BCUT2D eigenvalue weighted by atomic mass is 16.3. The molecule has 14 heavy (non-hydrogen) atoms. The highest BCUT2D eigenvalue weighted by molar-refractivity contribution is 5.41. The number of fused-ring (bicyclic) bond motifs is 2. The molecule has 2 nitrogen and oxygen atoms in total. The largest absolute Gasteiger partial charge is 0.508 e. The Morgan fingerprint density at radius 2 is 2.21 bits per heavy atom. The highest BCUT2D eigenvalue weighted by Gasteiger charge is 2.46. The van der Waals surface area contributed by atoms with Gasteiger partial charge in [0.05, 0.1) is 0 Å². The lowest BCUT2D eigenvalue weighted by Crippen LogP contribution is -2.32. The van der Waals surface area contributed by atoms with E-state index in [0.717, 1.165) is 12.1 Å². The van der Waals surface area contributed by atoms with Gasteiger partial charge in [-0.25, -0.2) is 0 Å². The quantitative estimate of drug-likeness (QED) is 0.706. The summed E-state index contributed by atoms with van der Waals surface area (Å²) in [4.78, 5) is 0. The van der Waals surface area contributed by atoms with Gasteiger partial charge in [-0.1, -0.05) is 18.2 Å². The average Bonchev–Trinajstić information content (AvgIpc) is 2.79. The molecule has 2 aliphatic rings. The molecule has 2 atom stereocenters. The van der Waals surface area contributed by atoms with E-state index in [2.05, 4.69) is 11.4 Å². The maximum absolute atomic E-state index is 9.86. The van der Waals surface area contributed by atoms with Gasteiger partial charge in [0.2, 0.25) is 0 Å². The van der Waals surface area contributed by atoms with Gasteiger partial charge in [0, 0.05) is 23.6 Å². The zero-order valence-corrected chi connectivity index (χ0v) is 8.16. The fraction of sp³-hybridized carbons (Fsp3) is 0.500. The van der Waals surface area contributed by atoms with Crippen LogP contribution in [0.15, 0.2) is 24.3 Å². The molecule has 0 radical (unpaired) electrons. The number of piperidine rings is 1. The van der Waals surface area contributed by atoms with Crippen molar-refractivity contribution in [3.63, 3.8) is 0 Å². The number of hydrogen-bond acceptors (Lipinski definition) is 2. The molecule has 1 saturated carbocycles. The van der Waals surface area contributed by atoms with Gasteiger partial charge < -0.3 is 10.4 Å². The number of rotatable bonds is 1. The molecule has 2 heteroatoms. The molecule has 1 aromatic carbocycles. The lowest BCUT2D eigenvalue weighted by atomic mass is 9.79. The molecular formula is C12H15NO. The molecule has 2 N–H and O–H groups in total. The van der Waals surface area contributed by atoms with E-state index in [1.807, 2.05) is 12.1 Å². The number of aromatic hydroxyl groups is 1. The average molecular weight is 189 g/mol. The molecule has 2 bridgehead atoms. The summed E-state index contributed by atoms with van der Waals surface area (Å²) < 4.78 is 0. The smallest absolute Gasteiger partial charge is 0.119 e. The summed E-state index contributed by atoms with van der Waals surface area (Å²) in [6.07, 6.45) is 3.68. The number of hydrogen-bond donors (Lipinski definition) is 2. The van der Waals surface area contributed by atoms with E-state index in [-0.39, 0.29) is 5.41 Å². The number of benzene rings is 1. The third-order valence-electron chi connectivity index (χ3n) is 3.81. The molecule has 1 saturated heterocycles. The Hall–Kier alpha value is -1.02. The molecular weight excluding hydrogens is 174 g/mol. The van der Waals surface area contributed by atoms with Crippen LogP contribution in [0.3, 0.4) is 0 Å². The van der Waals surface area contributed by atoms with Crippen molar-refractivity contribution in [2.45, 2.75) is 30.7 Å². The van der Waals surface area contributed by atoms with Crippen LogP contribution >= 0.6 is 0 Å². The fourth-order valence-corrected chi connectivity index (χ4v) is 3.06. The van der Waals surface area contributed by atoms with Crippen LogP contribution in [0.1, 0.15) is 24.8 Å². The van der Waals surface area contributed by atoms with Crippen LogP contribution in [-0.2, 0) is 5.41 Å². The number of nitrogens with one attached hydrogen (secondary N) is 1. The summed E-state index contributed by atoms with van der Waals surface area (Å²) in [5.41, 5.74) is 1.38. The van der Waals surface area contributed by atoms with Crippen molar-refractivity contribution in [2.75, 3.05) is 6.54 Å². The SMILES string of the molecule is Oc1ccccc1C12CCC(C1)NC2. The predicted octanol–water partition coefficient (Wildman–Crippen LogP) is 1.79. The summed E-state index contributed by atoms with van der Waals surface area (Å²) in [5.74, 6) is 0.469. The molecule has 74 valence electrons. The van der Waals surface area contributed by atoms with Gasteiger partial charge in [-0.2, -0.15) is 0 Å². The highest BCUT2D eigenvalue weighted by Crippen LogP contribution is 2.47. The Labute approximate surface area is 84.0 Å². The van der Waals surface area contributed by atoms with Crippen molar-refractivity contribution in [2.24, 2.45) is 0 Å². The zero-order valence-electron chi connectivity index (χ0n) is 8.16. The molecule has 3 rings (SSSR count). The van der Waals surface area contributed by atoms with Gasteiger partial charge in [-0.05, 0) is 25.3 Å². The van der Waals surface area contributed by atoms with Crippen LogP contribution in [0, 0.1) is 0 Å². The Bertz CT molecular complexity index is 353. The summed E-state index contributed by atoms with van der Waals surface area (Å²) in [5, 5.41) is 13.4. The molecule has 0 amide bonds. The van der Waals surface area contributed by atoms with Crippen LogP contribution < -0.4 is 5.32 Å². The van der Waals surface area contributed by atoms with Crippen LogP contribution in [0.25, 0.3) is 0 Å². The maximum atomic E-state index is 9.86. The van der Waals surface area contributed by atoms with Crippen LogP contribution in [0.2, 0.25) is 0 Å². The summed E-state index contributed by atoms with van der Waals surface area (Å²) >= 11 is 0. The van der Waals surface area contributed by atoms with Gasteiger partial charge in [0.25, 0.3) is 0 Å². The van der Waals surface area contributed by atoms with Crippen LogP contribution in [0.4, 0.5) is 0 Å².